The number of halogens is 2. The standard InChI is InChI=1S/C12H16Br2O/c1-2-5-10(8-13)9-15-12-7-4-3-6-11(12)14/h3-4,6-7,10H,2,5,8-9H2,1H3. The van der Waals surface area contributed by atoms with Gasteiger partial charge in [-0.2, -0.15) is 0 Å². The van der Waals surface area contributed by atoms with Crippen LogP contribution in [0.25, 0.3) is 0 Å². The van der Waals surface area contributed by atoms with E-state index in [0.29, 0.717) is 5.92 Å². The van der Waals surface area contributed by atoms with Gasteiger partial charge in [-0.15, -0.1) is 0 Å². The molecule has 0 amide bonds. The summed E-state index contributed by atoms with van der Waals surface area (Å²) in [7, 11) is 0. The van der Waals surface area contributed by atoms with Crippen LogP contribution >= 0.6 is 31.9 Å². The van der Waals surface area contributed by atoms with Crippen LogP contribution in [0.5, 0.6) is 5.75 Å². The molecule has 0 aliphatic heterocycles. The fourth-order valence-electron chi connectivity index (χ4n) is 1.38. The van der Waals surface area contributed by atoms with Crippen LogP contribution in [0, 0.1) is 5.92 Å². The zero-order chi connectivity index (χ0) is 11.1. The summed E-state index contributed by atoms with van der Waals surface area (Å²) in [5.41, 5.74) is 0. The maximum absolute atomic E-state index is 5.77. The number of alkyl halides is 1. The fraction of sp³-hybridized carbons (Fsp3) is 0.500. The molecule has 0 N–H and O–H groups in total. The molecule has 0 saturated carbocycles. The molecule has 1 aromatic carbocycles. The van der Waals surface area contributed by atoms with Gasteiger partial charge in [0, 0.05) is 11.2 Å². The van der Waals surface area contributed by atoms with Gasteiger partial charge in [-0.1, -0.05) is 41.4 Å². The van der Waals surface area contributed by atoms with Crippen LogP contribution in [0.1, 0.15) is 19.8 Å². The predicted molar refractivity (Wildman–Crippen MR) is 71.8 cm³/mol. The van der Waals surface area contributed by atoms with Crippen molar-refractivity contribution in [2.75, 3.05) is 11.9 Å². The van der Waals surface area contributed by atoms with Crippen LogP contribution in [0.2, 0.25) is 0 Å². The third-order valence-electron chi connectivity index (χ3n) is 2.23. The predicted octanol–water partition coefficient (Wildman–Crippen LogP) is 4.64. The minimum atomic E-state index is 0.599. The molecule has 0 radical (unpaired) electrons. The molecular formula is C12H16Br2O. The van der Waals surface area contributed by atoms with Crippen LogP contribution in [0.4, 0.5) is 0 Å². The third kappa shape index (κ3) is 4.56. The summed E-state index contributed by atoms with van der Waals surface area (Å²) in [6.07, 6.45) is 2.41. The van der Waals surface area contributed by atoms with Gasteiger partial charge in [-0.3, -0.25) is 0 Å². The van der Waals surface area contributed by atoms with E-state index in [9.17, 15) is 0 Å². The van der Waals surface area contributed by atoms with Crippen molar-refractivity contribution in [1.29, 1.82) is 0 Å². The molecule has 3 heteroatoms. The van der Waals surface area contributed by atoms with E-state index in [0.717, 1.165) is 22.2 Å². The lowest BCUT2D eigenvalue weighted by atomic mass is 10.1. The SMILES string of the molecule is CCCC(CBr)COc1ccccc1Br. The van der Waals surface area contributed by atoms with Crippen LogP contribution < -0.4 is 4.74 Å². The van der Waals surface area contributed by atoms with Crippen molar-refractivity contribution in [3.63, 3.8) is 0 Å². The van der Waals surface area contributed by atoms with Gasteiger partial charge in [0.1, 0.15) is 5.75 Å². The average molecular weight is 336 g/mol. The number of ether oxygens (including phenoxy) is 1. The lowest BCUT2D eigenvalue weighted by molar-refractivity contribution is 0.254. The third-order valence-corrected chi connectivity index (χ3v) is 3.80. The lowest BCUT2D eigenvalue weighted by Gasteiger charge is -2.14. The second-order valence-corrected chi connectivity index (χ2v) is 5.05. The highest BCUT2D eigenvalue weighted by Gasteiger charge is 2.07. The van der Waals surface area contributed by atoms with Gasteiger partial charge in [-0.05, 0) is 34.5 Å². The van der Waals surface area contributed by atoms with Gasteiger partial charge >= 0.3 is 0 Å². The van der Waals surface area contributed by atoms with E-state index >= 15 is 0 Å². The minimum absolute atomic E-state index is 0.599. The van der Waals surface area contributed by atoms with Crippen LogP contribution in [-0.2, 0) is 0 Å². The first-order valence-corrected chi connectivity index (χ1v) is 7.12. The maximum atomic E-state index is 5.77. The van der Waals surface area contributed by atoms with Crippen molar-refractivity contribution in [1.82, 2.24) is 0 Å². The first-order valence-electron chi connectivity index (χ1n) is 5.21. The summed E-state index contributed by atoms with van der Waals surface area (Å²) >= 11 is 6.99. The lowest BCUT2D eigenvalue weighted by Crippen LogP contribution is -2.13. The Bertz CT molecular complexity index is 289. The molecule has 0 heterocycles. The van der Waals surface area contributed by atoms with E-state index in [-0.39, 0.29) is 0 Å². The summed E-state index contributed by atoms with van der Waals surface area (Å²) in [5.74, 6) is 1.53. The Labute approximate surface area is 108 Å². The largest absolute Gasteiger partial charge is 0.492 e. The Morgan fingerprint density at radius 3 is 2.67 bits per heavy atom. The van der Waals surface area contributed by atoms with E-state index in [2.05, 4.69) is 38.8 Å². The highest BCUT2D eigenvalue weighted by atomic mass is 79.9. The molecule has 0 aliphatic carbocycles. The number of benzene rings is 1. The number of rotatable bonds is 6. The highest BCUT2D eigenvalue weighted by molar-refractivity contribution is 9.10. The summed E-state index contributed by atoms with van der Waals surface area (Å²) < 4.78 is 6.79. The molecule has 1 aromatic rings. The molecule has 15 heavy (non-hydrogen) atoms. The van der Waals surface area contributed by atoms with Gasteiger partial charge in [0.15, 0.2) is 0 Å². The zero-order valence-electron chi connectivity index (χ0n) is 8.88. The molecule has 0 fully saturated rings. The summed E-state index contributed by atoms with van der Waals surface area (Å²) in [4.78, 5) is 0. The van der Waals surface area contributed by atoms with E-state index < -0.39 is 0 Å². The summed E-state index contributed by atoms with van der Waals surface area (Å²) in [6, 6.07) is 7.97. The Morgan fingerprint density at radius 2 is 2.07 bits per heavy atom. The van der Waals surface area contributed by atoms with Crippen molar-refractivity contribution >= 4 is 31.9 Å². The van der Waals surface area contributed by atoms with Crippen molar-refractivity contribution in [3.05, 3.63) is 28.7 Å². The monoisotopic (exact) mass is 334 g/mol. The molecular weight excluding hydrogens is 320 g/mol. The van der Waals surface area contributed by atoms with E-state index in [1.165, 1.54) is 12.8 Å². The first kappa shape index (κ1) is 13.0. The normalized spacial score (nSPS) is 12.5. The molecule has 0 aliphatic rings. The second-order valence-electron chi connectivity index (χ2n) is 3.55. The topological polar surface area (TPSA) is 9.23 Å². The number of para-hydroxylation sites is 1. The Kier molecular flexibility index (Phi) is 6.34. The van der Waals surface area contributed by atoms with Crippen molar-refractivity contribution in [3.8, 4) is 5.75 Å². The van der Waals surface area contributed by atoms with E-state index in [1.807, 2.05) is 24.3 Å². The Balaban J connectivity index is 2.45. The molecule has 1 atom stereocenters. The van der Waals surface area contributed by atoms with Crippen LogP contribution in [0.15, 0.2) is 28.7 Å². The zero-order valence-corrected chi connectivity index (χ0v) is 12.1. The molecule has 0 saturated heterocycles. The number of hydrogen-bond donors (Lipinski definition) is 0. The summed E-state index contributed by atoms with van der Waals surface area (Å²) in [5, 5.41) is 1.01. The van der Waals surface area contributed by atoms with Gasteiger partial charge in [0.25, 0.3) is 0 Å². The average Bonchev–Trinajstić information content (AvgIpc) is 2.26. The second kappa shape index (κ2) is 7.29. The van der Waals surface area contributed by atoms with Crippen LogP contribution in [-0.4, -0.2) is 11.9 Å². The fourth-order valence-corrected chi connectivity index (χ4v) is 2.29. The van der Waals surface area contributed by atoms with Crippen molar-refractivity contribution in [2.24, 2.45) is 5.92 Å². The van der Waals surface area contributed by atoms with Crippen LogP contribution in [0.3, 0.4) is 0 Å². The molecule has 0 spiro atoms. The highest BCUT2D eigenvalue weighted by Crippen LogP contribution is 2.24. The molecule has 0 bridgehead atoms. The van der Waals surface area contributed by atoms with Crippen molar-refractivity contribution < 1.29 is 4.74 Å². The quantitative estimate of drug-likeness (QED) is 0.688. The molecule has 84 valence electrons. The minimum Gasteiger partial charge on any atom is -0.492 e. The Morgan fingerprint density at radius 1 is 1.33 bits per heavy atom. The Hall–Kier alpha value is -0.0200. The van der Waals surface area contributed by atoms with E-state index in [4.69, 9.17) is 4.74 Å². The van der Waals surface area contributed by atoms with Crippen molar-refractivity contribution in [2.45, 2.75) is 19.8 Å². The smallest absolute Gasteiger partial charge is 0.133 e. The molecule has 1 nitrogen and oxygen atoms in total. The molecule has 1 rings (SSSR count). The molecule has 1 unspecified atom stereocenters. The summed E-state index contributed by atoms with van der Waals surface area (Å²) in [6.45, 7) is 2.98. The first-order chi connectivity index (χ1) is 7.27. The van der Waals surface area contributed by atoms with Gasteiger partial charge in [0.2, 0.25) is 0 Å². The molecule has 0 aromatic heterocycles. The number of hydrogen-bond acceptors (Lipinski definition) is 1. The maximum Gasteiger partial charge on any atom is 0.133 e. The van der Waals surface area contributed by atoms with Gasteiger partial charge < -0.3 is 4.74 Å². The van der Waals surface area contributed by atoms with Gasteiger partial charge in [0.05, 0.1) is 11.1 Å². The van der Waals surface area contributed by atoms with E-state index in [1.54, 1.807) is 0 Å². The van der Waals surface area contributed by atoms with Gasteiger partial charge in [-0.25, -0.2) is 0 Å².